The summed E-state index contributed by atoms with van der Waals surface area (Å²) >= 11 is 5.56. The van der Waals surface area contributed by atoms with Crippen molar-refractivity contribution in [2.24, 2.45) is 0 Å². The molecule has 1 unspecified atom stereocenters. The lowest BCUT2D eigenvalue weighted by molar-refractivity contribution is -0.121. The molecule has 3 nitrogen and oxygen atoms in total. The third-order valence-electron chi connectivity index (χ3n) is 2.70. The predicted molar refractivity (Wildman–Crippen MR) is 72.3 cm³/mol. The Morgan fingerprint density at radius 1 is 1.39 bits per heavy atom. The number of amides is 1. The molecule has 18 heavy (non-hydrogen) atoms. The highest BCUT2D eigenvalue weighted by atomic mass is 35.5. The van der Waals surface area contributed by atoms with Gasteiger partial charge in [-0.15, -0.1) is 11.6 Å². The summed E-state index contributed by atoms with van der Waals surface area (Å²) in [7, 11) is 0. The minimum atomic E-state index is -0.0405. The minimum Gasteiger partial charge on any atom is -0.350 e. The Kier molecular flexibility index (Phi) is 6.24. The molecule has 1 rings (SSSR count). The monoisotopic (exact) mass is 264 g/mol. The topological polar surface area (TPSA) is 52.9 Å². The zero-order chi connectivity index (χ0) is 13.4. The smallest absolute Gasteiger partial charge is 0.220 e. The van der Waals surface area contributed by atoms with Crippen molar-refractivity contribution in [3.05, 3.63) is 35.4 Å². The third kappa shape index (κ3) is 4.77. The average Bonchev–Trinajstić information content (AvgIpc) is 2.39. The van der Waals surface area contributed by atoms with Gasteiger partial charge in [-0.1, -0.05) is 12.1 Å². The molecule has 4 heteroatoms. The highest BCUT2D eigenvalue weighted by Gasteiger charge is 2.08. The first-order valence-corrected chi connectivity index (χ1v) is 6.56. The van der Waals surface area contributed by atoms with Gasteiger partial charge in [0.25, 0.3) is 0 Å². The van der Waals surface area contributed by atoms with E-state index >= 15 is 0 Å². The first kappa shape index (κ1) is 14.5. The first-order chi connectivity index (χ1) is 8.67. The molecular formula is C14H17ClN2O. The Balaban J connectivity index is 2.46. The molecule has 0 heterocycles. The number of nitriles is 1. The number of nitrogens with one attached hydrogen (secondary N) is 1. The maximum Gasteiger partial charge on any atom is 0.220 e. The van der Waals surface area contributed by atoms with Crippen LogP contribution in [-0.4, -0.2) is 11.8 Å². The third-order valence-corrected chi connectivity index (χ3v) is 2.97. The Morgan fingerprint density at radius 2 is 2.06 bits per heavy atom. The van der Waals surface area contributed by atoms with Gasteiger partial charge in [0.05, 0.1) is 17.7 Å². The van der Waals surface area contributed by atoms with Crippen molar-refractivity contribution in [2.45, 2.75) is 32.2 Å². The van der Waals surface area contributed by atoms with Crippen molar-refractivity contribution >= 4 is 17.5 Å². The van der Waals surface area contributed by atoms with Crippen molar-refractivity contribution in [3.63, 3.8) is 0 Å². The first-order valence-electron chi connectivity index (χ1n) is 6.02. The predicted octanol–water partition coefficient (Wildman–Crippen LogP) is 3.14. The van der Waals surface area contributed by atoms with E-state index in [4.69, 9.17) is 16.9 Å². The SMILES string of the molecule is CC(NC(=O)CCCCCl)c1ccc(C#N)cc1. The number of alkyl halides is 1. The molecule has 0 bridgehead atoms. The van der Waals surface area contributed by atoms with Crippen molar-refractivity contribution < 1.29 is 4.79 Å². The molecular weight excluding hydrogens is 248 g/mol. The van der Waals surface area contributed by atoms with E-state index in [-0.39, 0.29) is 11.9 Å². The van der Waals surface area contributed by atoms with Crippen LogP contribution in [0.5, 0.6) is 0 Å². The standard InChI is InChI=1S/C14H17ClN2O/c1-11(17-14(18)4-2-3-9-15)13-7-5-12(10-16)6-8-13/h5-8,11H,2-4,9H2,1H3,(H,17,18). The van der Waals surface area contributed by atoms with Crippen LogP contribution in [0.15, 0.2) is 24.3 Å². The molecule has 0 aliphatic rings. The van der Waals surface area contributed by atoms with E-state index in [0.29, 0.717) is 17.9 Å². The molecule has 1 aromatic rings. The molecule has 1 atom stereocenters. The summed E-state index contributed by atoms with van der Waals surface area (Å²) in [6.45, 7) is 1.93. The van der Waals surface area contributed by atoms with Crippen LogP contribution in [-0.2, 0) is 4.79 Å². The molecule has 0 fully saturated rings. The van der Waals surface area contributed by atoms with Gasteiger partial charge in [0.1, 0.15) is 0 Å². The van der Waals surface area contributed by atoms with Crippen molar-refractivity contribution in [1.82, 2.24) is 5.32 Å². The lowest BCUT2D eigenvalue weighted by Crippen LogP contribution is -2.26. The van der Waals surface area contributed by atoms with Gasteiger partial charge in [-0.25, -0.2) is 0 Å². The van der Waals surface area contributed by atoms with Crippen molar-refractivity contribution in [1.29, 1.82) is 5.26 Å². The number of hydrogen-bond acceptors (Lipinski definition) is 2. The largest absolute Gasteiger partial charge is 0.350 e. The van der Waals surface area contributed by atoms with Gasteiger partial charge in [0, 0.05) is 12.3 Å². The van der Waals surface area contributed by atoms with Gasteiger partial charge in [-0.05, 0) is 37.5 Å². The van der Waals surface area contributed by atoms with E-state index in [0.717, 1.165) is 18.4 Å². The van der Waals surface area contributed by atoms with E-state index in [1.165, 1.54) is 0 Å². The van der Waals surface area contributed by atoms with Crippen LogP contribution in [0, 0.1) is 11.3 Å². The van der Waals surface area contributed by atoms with E-state index in [9.17, 15) is 4.79 Å². The summed E-state index contributed by atoms with van der Waals surface area (Å²) in [6, 6.07) is 9.27. The second kappa shape index (κ2) is 7.73. The summed E-state index contributed by atoms with van der Waals surface area (Å²) in [4.78, 5) is 11.6. The van der Waals surface area contributed by atoms with Crippen LogP contribution >= 0.6 is 11.6 Å². The van der Waals surface area contributed by atoms with Crippen molar-refractivity contribution in [2.75, 3.05) is 5.88 Å². The summed E-state index contributed by atoms with van der Waals surface area (Å²) in [5.41, 5.74) is 1.62. The molecule has 0 spiro atoms. The van der Waals surface area contributed by atoms with E-state index in [1.807, 2.05) is 19.1 Å². The van der Waals surface area contributed by atoms with Crippen LogP contribution in [0.25, 0.3) is 0 Å². The summed E-state index contributed by atoms with van der Waals surface area (Å²) in [6.07, 6.45) is 2.18. The quantitative estimate of drug-likeness (QED) is 0.634. The fourth-order valence-corrected chi connectivity index (χ4v) is 1.81. The maximum atomic E-state index is 11.6. The molecule has 0 radical (unpaired) electrons. The zero-order valence-electron chi connectivity index (χ0n) is 10.4. The van der Waals surface area contributed by atoms with Crippen LogP contribution in [0.3, 0.4) is 0 Å². The van der Waals surface area contributed by atoms with Gasteiger partial charge in [-0.3, -0.25) is 4.79 Å². The summed E-state index contributed by atoms with van der Waals surface area (Å²) in [5, 5.41) is 11.6. The molecule has 0 aliphatic heterocycles. The van der Waals surface area contributed by atoms with Crippen LogP contribution in [0.4, 0.5) is 0 Å². The lowest BCUT2D eigenvalue weighted by Gasteiger charge is -2.14. The zero-order valence-corrected chi connectivity index (χ0v) is 11.2. The Hall–Kier alpha value is -1.53. The second-order valence-electron chi connectivity index (χ2n) is 4.17. The number of halogens is 1. The molecule has 0 aliphatic carbocycles. The Labute approximate surface area is 113 Å². The molecule has 0 saturated carbocycles. The van der Waals surface area contributed by atoms with Crippen LogP contribution in [0.1, 0.15) is 43.4 Å². The molecule has 96 valence electrons. The number of unbranched alkanes of at least 4 members (excludes halogenated alkanes) is 1. The number of nitrogens with zero attached hydrogens (tertiary/aromatic N) is 1. The summed E-state index contributed by atoms with van der Waals surface area (Å²) in [5.74, 6) is 0.635. The molecule has 1 aromatic carbocycles. The van der Waals surface area contributed by atoms with Gasteiger partial charge in [0.2, 0.25) is 5.91 Å². The van der Waals surface area contributed by atoms with Crippen molar-refractivity contribution in [3.8, 4) is 6.07 Å². The minimum absolute atomic E-state index is 0.0389. The molecule has 1 amide bonds. The van der Waals surface area contributed by atoms with Crippen LogP contribution in [0.2, 0.25) is 0 Å². The number of rotatable bonds is 6. The fraction of sp³-hybridized carbons (Fsp3) is 0.429. The lowest BCUT2D eigenvalue weighted by atomic mass is 10.1. The summed E-state index contributed by atoms with van der Waals surface area (Å²) < 4.78 is 0. The Bertz CT molecular complexity index is 422. The van der Waals surface area contributed by atoms with Gasteiger partial charge in [0.15, 0.2) is 0 Å². The number of benzene rings is 1. The molecule has 0 aromatic heterocycles. The number of hydrogen-bond donors (Lipinski definition) is 1. The number of carbonyl (C=O) groups excluding carboxylic acids is 1. The van der Waals surface area contributed by atoms with Gasteiger partial charge < -0.3 is 5.32 Å². The van der Waals surface area contributed by atoms with E-state index < -0.39 is 0 Å². The maximum absolute atomic E-state index is 11.6. The van der Waals surface area contributed by atoms with Gasteiger partial charge in [-0.2, -0.15) is 5.26 Å². The van der Waals surface area contributed by atoms with E-state index in [1.54, 1.807) is 12.1 Å². The molecule has 0 saturated heterocycles. The average molecular weight is 265 g/mol. The van der Waals surface area contributed by atoms with Gasteiger partial charge >= 0.3 is 0 Å². The van der Waals surface area contributed by atoms with Crippen LogP contribution < -0.4 is 5.32 Å². The molecule has 1 N–H and O–H groups in total. The second-order valence-corrected chi connectivity index (χ2v) is 4.55. The number of carbonyl (C=O) groups is 1. The highest BCUT2D eigenvalue weighted by molar-refractivity contribution is 6.17. The fourth-order valence-electron chi connectivity index (χ4n) is 1.62. The Morgan fingerprint density at radius 3 is 2.61 bits per heavy atom. The van der Waals surface area contributed by atoms with E-state index in [2.05, 4.69) is 11.4 Å². The highest BCUT2D eigenvalue weighted by Crippen LogP contribution is 2.13. The normalized spacial score (nSPS) is 11.6.